The van der Waals surface area contributed by atoms with Gasteiger partial charge in [0.15, 0.2) is 0 Å². The Labute approximate surface area is 74.7 Å². The molecule has 3 heteroatoms. The maximum Gasteiger partial charge on any atom is 0.0771 e. The van der Waals surface area contributed by atoms with Crippen LogP contribution in [0.25, 0.3) is 0 Å². The lowest BCUT2D eigenvalue weighted by atomic mass is 10.2. The summed E-state index contributed by atoms with van der Waals surface area (Å²) in [6, 6.07) is 0. The largest absolute Gasteiger partial charge is 0.391 e. The van der Waals surface area contributed by atoms with E-state index in [9.17, 15) is 0 Å². The average Bonchev–Trinajstić information content (AvgIpc) is 2.04. The first kappa shape index (κ1) is 11.9. The average molecular weight is 176 g/mol. The van der Waals surface area contributed by atoms with E-state index in [0.29, 0.717) is 25.7 Å². The summed E-state index contributed by atoms with van der Waals surface area (Å²) in [5.41, 5.74) is 0. The van der Waals surface area contributed by atoms with Gasteiger partial charge in [0.2, 0.25) is 0 Å². The molecule has 0 bridgehead atoms. The van der Waals surface area contributed by atoms with Crippen molar-refractivity contribution in [3.05, 3.63) is 0 Å². The monoisotopic (exact) mass is 176 g/mol. The van der Waals surface area contributed by atoms with Gasteiger partial charge in [-0.2, -0.15) is 0 Å². The van der Waals surface area contributed by atoms with E-state index >= 15 is 0 Å². The molecule has 1 N–H and O–H groups in total. The zero-order valence-corrected chi connectivity index (χ0v) is 8.25. The molecule has 0 saturated heterocycles. The van der Waals surface area contributed by atoms with Crippen LogP contribution in [0.1, 0.15) is 20.3 Å². The van der Waals surface area contributed by atoms with Crippen molar-refractivity contribution in [3.8, 4) is 0 Å². The van der Waals surface area contributed by atoms with Gasteiger partial charge in [-0.3, -0.25) is 0 Å². The molecule has 0 aromatic carbocycles. The fourth-order valence-electron chi connectivity index (χ4n) is 0.856. The molecule has 12 heavy (non-hydrogen) atoms. The van der Waals surface area contributed by atoms with Gasteiger partial charge >= 0.3 is 0 Å². The van der Waals surface area contributed by atoms with E-state index in [4.69, 9.17) is 14.6 Å². The molecule has 0 radical (unpaired) electrons. The summed E-state index contributed by atoms with van der Waals surface area (Å²) in [6.45, 7) is 5.80. The third-order valence-electron chi connectivity index (χ3n) is 1.64. The molecule has 0 aliphatic rings. The van der Waals surface area contributed by atoms with Gasteiger partial charge in [0.05, 0.1) is 25.9 Å². The van der Waals surface area contributed by atoms with Crippen molar-refractivity contribution in [3.63, 3.8) is 0 Å². The Bertz CT molecular complexity index is 95.8. The molecule has 0 aliphatic carbocycles. The zero-order chi connectivity index (χ0) is 9.40. The highest BCUT2D eigenvalue weighted by Gasteiger charge is 2.04. The summed E-state index contributed by atoms with van der Waals surface area (Å²) in [5.74, 6) is 0.402. The number of methoxy groups -OCH3 is 1. The fraction of sp³-hybridized carbons (Fsp3) is 1.00. The second kappa shape index (κ2) is 7.53. The third-order valence-corrected chi connectivity index (χ3v) is 1.64. The quantitative estimate of drug-likeness (QED) is 0.630. The molecule has 0 rings (SSSR count). The van der Waals surface area contributed by atoms with Crippen molar-refractivity contribution in [2.45, 2.75) is 26.4 Å². The summed E-state index contributed by atoms with van der Waals surface area (Å²) in [5, 5.41) is 9.14. The molecular weight excluding hydrogens is 156 g/mol. The molecular formula is C9H20O3. The lowest BCUT2D eigenvalue weighted by Gasteiger charge is -2.12. The SMILES string of the molecule is CCC(O)COCC(C)COC. The lowest BCUT2D eigenvalue weighted by Crippen LogP contribution is -2.18. The lowest BCUT2D eigenvalue weighted by molar-refractivity contribution is 0.00902. The van der Waals surface area contributed by atoms with Crippen LogP contribution in [0.15, 0.2) is 0 Å². The van der Waals surface area contributed by atoms with Gasteiger partial charge in [-0.15, -0.1) is 0 Å². The molecule has 0 aromatic heterocycles. The van der Waals surface area contributed by atoms with Crippen LogP contribution in [-0.4, -0.2) is 38.1 Å². The van der Waals surface area contributed by atoms with Crippen LogP contribution in [0, 0.1) is 5.92 Å². The minimum atomic E-state index is -0.320. The molecule has 0 aliphatic heterocycles. The van der Waals surface area contributed by atoms with E-state index in [1.807, 2.05) is 6.92 Å². The Balaban J connectivity index is 3.18. The Kier molecular flexibility index (Phi) is 7.45. The number of aliphatic hydroxyl groups excluding tert-OH is 1. The number of hydrogen-bond acceptors (Lipinski definition) is 3. The molecule has 0 aromatic rings. The van der Waals surface area contributed by atoms with E-state index < -0.39 is 0 Å². The van der Waals surface area contributed by atoms with Crippen molar-refractivity contribution >= 4 is 0 Å². The number of hydrogen-bond donors (Lipinski definition) is 1. The van der Waals surface area contributed by atoms with Gasteiger partial charge in [0.1, 0.15) is 0 Å². The number of rotatable bonds is 7. The minimum Gasteiger partial charge on any atom is -0.391 e. The first-order valence-corrected chi connectivity index (χ1v) is 4.45. The molecule has 0 saturated carbocycles. The Morgan fingerprint density at radius 3 is 2.42 bits per heavy atom. The summed E-state index contributed by atoms with van der Waals surface area (Å²) < 4.78 is 10.2. The van der Waals surface area contributed by atoms with Crippen LogP contribution < -0.4 is 0 Å². The predicted molar refractivity (Wildman–Crippen MR) is 48.2 cm³/mol. The van der Waals surface area contributed by atoms with Crippen LogP contribution in [0.4, 0.5) is 0 Å². The van der Waals surface area contributed by atoms with E-state index in [1.165, 1.54) is 0 Å². The van der Waals surface area contributed by atoms with Gasteiger partial charge in [-0.25, -0.2) is 0 Å². The van der Waals surface area contributed by atoms with E-state index in [0.717, 1.165) is 6.42 Å². The Morgan fingerprint density at radius 1 is 1.25 bits per heavy atom. The second-order valence-electron chi connectivity index (χ2n) is 3.16. The second-order valence-corrected chi connectivity index (χ2v) is 3.16. The van der Waals surface area contributed by atoms with Crippen LogP contribution in [0.5, 0.6) is 0 Å². The van der Waals surface area contributed by atoms with Gasteiger partial charge in [-0.1, -0.05) is 13.8 Å². The van der Waals surface area contributed by atoms with Gasteiger partial charge < -0.3 is 14.6 Å². The standard InChI is InChI=1S/C9H20O3/c1-4-9(10)7-12-6-8(2)5-11-3/h8-10H,4-7H2,1-3H3. The maximum atomic E-state index is 9.14. The molecule has 0 heterocycles. The van der Waals surface area contributed by atoms with E-state index in [1.54, 1.807) is 7.11 Å². The summed E-state index contributed by atoms with van der Waals surface area (Å²) in [4.78, 5) is 0. The van der Waals surface area contributed by atoms with Crippen LogP contribution in [0.2, 0.25) is 0 Å². The van der Waals surface area contributed by atoms with Crippen molar-refractivity contribution in [1.82, 2.24) is 0 Å². The normalized spacial score (nSPS) is 16.0. The van der Waals surface area contributed by atoms with Crippen LogP contribution in [-0.2, 0) is 9.47 Å². The van der Waals surface area contributed by atoms with Crippen LogP contribution >= 0.6 is 0 Å². The van der Waals surface area contributed by atoms with Gasteiger partial charge in [0.25, 0.3) is 0 Å². The highest BCUT2D eigenvalue weighted by molar-refractivity contribution is 4.52. The fourth-order valence-corrected chi connectivity index (χ4v) is 0.856. The van der Waals surface area contributed by atoms with Crippen molar-refractivity contribution < 1.29 is 14.6 Å². The smallest absolute Gasteiger partial charge is 0.0771 e. The predicted octanol–water partition coefficient (Wildman–Crippen LogP) is 1.06. The van der Waals surface area contributed by atoms with Crippen molar-refractivity contribution in [2.24, 2.45) is 5.92 Å². The number of aliphatic hydroxyl groups is 1. The highest BCUT2D eigenvalue weighted by Crippen LogP contribution is 1.98. The first-order chi connectivity index (χ1) is 5.70. The van der Waals surface area contributed by atoms with Crippen molar-refractivity contribution in [1.29, 1.82) is 0 Å². The molecule has 2 unspecified atom stereocenters. The van der Waals surface area contributed by atoms with Gasteiger partial charge in [-0.05, 0) is 6.42 Å². The number of ether oxygens (including phenoxy) is 2. The summed E-state index contributed by atoms with van der Waals surface area (Å²) in [6.07, 6.45) is 0.429. The van der Waals surface area contributed by atoms with Crippen molar-refractivity contribution in [2.75, 3.05) is 26.9 Å². The topological polar surface area (TPSA) is 38.7 Å². The molecule has 0 amide bonds. The van der Waals surface area contributed by atoms with Crippen LogP contribution in [0.3, 0.4) is 0 Å². The summed E-state index contributed by atoms with van der Waals surface area (Å²) in [7, 11) is 1.68. The first-order valence-electron chi connectivity index (χ1n) is 4.45. The zero-order valence-electron chi connectivity index (χ0n) is 8.25. The molecule has 2 atom stereocenters. The van der Waals surface area contributed by atoms with Gasteiger partial charge in [0, 0.05) is 13.0 Å². The summed E-state index contributed by atoms with van der Waals surface area (Å²) >= 11 is 0. The molecule has 3 nitrogen and oxygen atoms in total. The third kappa shape index (κ3) is 6.58. The highest BCUT2D eigenvalue weighted by atomic mass is 16.5. The molecule has 0 spiro atoms. The molecule has 74 valence electrons. The maximum absolute atomic E-state index is 9.14. The Hall–Kier alpha value is -0.120. The molecule has 0 fully saturated rings. The Morgan fingerprint density at radius 2 is 1.92 bits per heavy atom. The van der Waals surface area contributed by atoms with E-state index in [2.05, 4.69) is 6.92 Å². The van der Waals surface area contributed by atoms with E-state index in [-0.39, 0.29) is 6.10 Å². The minimum absolute atomic E-state index is 0.320.